The number of rotatable bonds is 2. The van der Waals surface area contributed by atoms with Gasteiger partial charge in [0.05, 0.1) is 11.4 Å². The van der Waals surface area contributed by atoms with Crippen LogP contribution in [-0.4, -0.2) is 32.7 Å². The van der Waals surface area contributed by atoms with Gasteiger partial charge >= 0.3 is 0 Å². The number of likely N-dealkylation sites (N-methyl/N-ethyl adjacent to an activating group) is 1. The number of fused-ring (bicyclic) bond motifs is 1. The molecule has 2 aliphatic rings. The lowest BCUT2D eigenvalue weighted by molar-refractivity contribution is 0.565. The molecule has 0 amide bonds. The van der Waals surface area contributed by atoms with Crippen LogP contribution in [0, 0.1) is 5.92 Å². The van der Waals surface area contributed by atoms with Gasteiger partial charge in [-0.2, -0.15) is 0 Å². The molecule has 0 fully saturated rings. The van der Waals surface area contributed by atoms with E-state index in [1.807, 2.05) is 0 Å². The second-order valence-corrected chi connectivity index (χ2v) is 5.40. The summed E-state index contributed by atoms with van der Waals surface area (Å²) in [6.07, 6.45) is 5.52. The molecule has 18 heavy (non-hydrogen) atoms. The van der Waals surface area contributed by atoms with Crippen molar-refractivity contribution >= 4 is 11.4 Å². The quantitative estimate of drug-likeness (QED) is 0.805. The van der Waals surface area contributed by atoms with Gasteiger partial charge in [-0.05, 0) is 24.5 Å². The van der Waals surface area contributed by atoms with E-state index in [2.05, 4.69) is 53.3 Å². The molecule has 3 nitrogen and oxygen atoms in total. The number of hydrogen-bond donors (Lipinski definition) is 1. The van der Waals surface area contributed by atoms with Crippen LogP contribution in [0.15, 0.2) is 36.4 Å². The second kappa shape index (κ2) is 4.65. The fourth-order valence-electron chi connectivity index (χ4n) is 2.98. The zero-order valence-corrected chi connectivity index (χ0v) is 10.9. The minimum Gasteiger partial charge on any atom is -0.371 e. The van der Waals surface area contributed by atoms with Gasteiger partial charge in [0, 0.05) is 32.7 Å². The van der Waals surface area contributed by atoms with Crippen LogP contribution in [0.5, 0.6) is 0 Å². The van der Waals surface area contributed by atoms with E-state index in [1.165, 1.54) is 11.4 Å². The van der Waals surface area contributed by atoms with Crippen LogP contribution >= 0.6 is 0 Å². The average molecular weight is 243 g/mol. The Bertz CT molecular complexity index is 455. The summed E-state index contributed by atoms with van der Waals surface area (Å²) in [6.45, 7) is 3.29. The van der Waals surface area contributed by atoms with E-state index in [1.54, 1.807) is 0 Å². The highest BCUT2D eigenvalue weighted by Crippen LogP contribution is 2.33. The molecule has 2 unspecified atom stereocenters. The Kier molecular flexibility index (Phi) is 3.00. The smallest absolute Gasteiger partial charge is 0.0604 e. The van der Waals surface area contributed by atoms with Crippen molar-refractivity contribution in [1.29, 1.82) is 0 Å². The molecule has 1 aliphatic carbocycles. The molecule has 2 atom stereocenters. The van der Waals surface area contributed by atoms with Crippen LogP contribution in [0.1, 0.15) is 6.42 Å². The SMILES string of the molecule is CN1CCN(CC2C=CC(N)C2)c2ccccc21. The molecule has 0 bridgehead atoms. The minimum absolute atomic E-state index is 0.262. The van der Waals surface area contributed by atoms with Crippen LogP contribution in [0.2, 0.25) is 0 Å². The monoisotopic (exact) mass is 243 g/mol. The maximum absolute atomic E-state index is 5.93. The molecule has 96 valence electrons. The predicted octanol–water partition coefficient (Wildman–Crippen LogP) is 1.85. The first-order valence-corrected chi connectivity index (χ1v) is 6.73. The van der Waals surface area contributed by atoms with Crippen molar-refractivity contribution in [1.82, 2.24) is 0 Å². The van der Waals surface area contributed by atoms with E-state index >= 15 is 0 Å². The summed E-state index contributed by atoms with van der Waals surface area (Å²) in [6, 6.07) is 8.94. The van der Waals surface area contributed by atoms with E-state index < -0.39 is 0 Å². The summed E-state index contributed by atoms with van der Waals surface area (Å²) in [5.74, 6) is 0.608. The molecule has 1 aliphatic heterocycles. The number of hydrogen-bond acceptors (Lipinski definition) is 3. The first kappa shape index (κ1) is 11.6. The Morgan fingerprint density at radius 1 is 1.17 bits per heavy atom. The van der Waals surface area contributed by atoms with Crippen LogP contribution < -0.4 is 15.5 Å². The molecule has 0 radical (unpaired) electrons. The largest absolute Gasteiger partial charge is 0.371 e. The van der Waals surface area contributed by atoms with E-state index in [0.717, 1.165) is 26.1 Å². The van der Waals surface area contributed by atoms with Gasteiger partial charge in [-0.3, -0.25) is 0 Å². The minimum atomic E-state index is 0.262. The maximum atomic E-state index is 5.93. The summed E-state index contributed by atoms with van der Waals surface area (Å²) >= 11 is 0. The molecule has 3 heteroatoms. The number of benzene rings is 1. The van der Waals surface area contributed by atoms with Crippen LogP contribution in [0.3, 0.4) is 0 Å². The summed E-state index contributed by atoms with van der Waals surface area (Å²) < 4.78 is 0. The zero-order valence-electron chi connectivity index (χ0n) is 10.9. The third-order valence-corrected chi connectivity index (χ3v) is 4.00. The van der Waals surface area contributed by atoms with E-state index in [-0.39, 0.29) is 6.04 Å². The normalized spacial score (nSPS) is 26.6. The number of nitrogens with two attached hydrogens (primary N) is 1. The summed E-state index contributed by atoms with van der Waals surface area (Å²) in [4.78, 5) is 4.84. The van der Waals surface area contributed by atoms with Gasteiger partial charge in [0.2, 0.25) is 0 Å². The number of nitrogens with zero attached hydrogens (tertiary/aromatic N) is 2. The molecule has 0 saturated heterocycles. The highest BCUT2D eigenvalue weighted by atomic mass is 15.2. The van der Waals surface area contributed by atoms with E-state index in [9.17, 15) is 0 Å². The lowest BCUT2D eigenvalue weighted by Gasteiger charge is -2.38. The molecular weight excluding hydrogens is 222 g/mol. The molecule has 3 rings (SSSR count). The highest BCUT2D eigenvalue weighted by molar-refractivity contribution is 5.73. The van der Waals surface area contributed by atoms with Gasteiger partial charge in [-0.15, -0.1) is 0 Å². The van der Waals surface area contributed by atoms with Gasteiger partial charge in [0.15, 0.2) is 0 Å². The summed E-state index contributed by atoms with van der Waals surface area (Å²) in [5, 5.41) is 0. The van der Waals surface area contributed by atoms with Crippen molar-refractivity contribution in [2.45, 2.75) is 12.5 Å². The van der Waals surface area contributed by atoms with Gasteiger partial charge in [0.1, 0.15) is 0 Å². The van der Waals surface area contributed by atoms with Crippen molar-refractivity contribution in [2.75, 3.05) is 36.5 Å². The van der Waals surface area contributed by atoms with Gasteiger partial charge in [0.25, 0.3) is 0 Å². The van der Waals surface area contributed by atoms with Gasteiger partial charge in [-0.1, -0.05) is 24.3 Å². The number of para-hydroxylation sites is 2. The second-order valence-electron chi connectivity index (χ2n) is 5.40. The van der Waals surface area contributed by atoms with E-state index in [0.29, 0.717) is 5.92 Å². The topological polar surface area (TPSA) is 32.5 Å². The van der Waals surface area contributed by atoms with Gasteiger partial charge < -0.3 is 15.5 Å². The Hall–Kier alpha value is -1.48. The highest BCUT2D eigenvalue weighted by Gasteiger charge is 2.23. The van der Waals surface area contributed by atoms with Crippen LogP contribution in [0.25, 0.3) is 0 Å². The lowest BCUT2D eigenvalue weighted by atomic mass is 10.1. The maximum Gasteiger partial charge on any atom is 0.0604 e. The summed E-state index contributed by atoms with van der Waals surface area (Å²) in [7, 11) is 2.17. The van der Waals surface area contributed by atoms with Gasteiger partial charge in [-0.25, -0.2) is 0 Å². The molecule has 0 aromatic heterocycles. The fourth-order valence-corrected chi connectivity index (χ4v) is 2.98. The molecule has 0 spiro atoms. The molecular formula is C15H21N3. The molecule has 1 aromatic carbocycles. The van der Waals surface area contributed by atoms with Crippen molar-refractivity contribution in [3.63, 3.8) is 0 Å². The molecule has 1 aromatic rings. The number of anilines is 2. The van der Waals surface area contributed by atoms with Crippen molar-refractivity contribution in [3.05, 3.63) is 36.4 Å². The Morgan fingerprint density at radius 3 is 2.67 bits per heavy atom. The third kappa shape index (κ3) is 2.10. The van der Waals surface area contributed by atoms with Crippen molar-refractivity contribution in [3.8, 4) is 0 Å². The van der Waals surface area contributed by atoms with Crippen LogP contribution in [0.4, 0.5) is 11.4 Å². The Labute approximate surface area is 109 Å². The van der Waals surface area contributed by atoms with Crippen LogP contribution in [-0.2, 0) is 0 Å². The summed E-state index contributed by atoms with van der Waals surface area (Å²) in [5.41, 5.74) is 8.64. The van der Waals surface area contributed by atoms with Crippen molar-refractivity contribution in [2.24, 2.45) is 11.7 Å². The predicted molar refractivity (Wildman–Crippen MR) is 77.1 cm³/mol. The third-order valence-electron chi connectivity index (χ3n) is 4.00. The standard InChI is InChI=1S/C15H21N3/c1-17-8-9-18(11-12-6-7-13(16)10-12)15-5-3-2-4-14(15)17/h2-7,12-13H,8-11,16H2,1H3. The Balaban J connectivity index is 1.78. The van der Waals surface area contributed by atoms with Crippen molar-refractivity contribution < 1.29 is 0 Å². The Morgan fingerprint density at radius 2 is 1.94 bits per heavy atom. The average Bonchev–Trinajstić information content (AvgIpc) is 2.79. The molecule has 2 N–H and O–H groups in total. The molecule has 0 saturated carbocycles. The zero-order chi connectivity index (χ0) is 12.5. The fraction of sp³-hybridized carbons (Fsp3) is 0.467. The first-order valence-electron chi connectivity index (χ1n) is 6.73. The van der Waals surface area contributed by atoms with E-state index in [4.69, 9.17) is 5.73 Å². The molecule has 1 heterocycles. The first-order chi connectivity index (χ1) is 8.74. The lowest BCUT2D eigenvalue weighted by Crippen LogP contribution is -2.41.